The molecule has 1 atom stereocenters. The Bertz CT molecular complexity index is 1310. The predicted octanol–water partition coefficient (Wildman–Crippen LogP) is 4.63. The van der Waals surface area contributed by atoms with Crippen LogP contribution in [0.2, 0.25) is 5.02 Å². The molecule has 1 aliphatic rings. The van der Waals surface area contributed by atoms with Crippen LogP contribution in [0.15, 0.2) is 78.0 Å². The maximum absolute atomic E-state index is 13.0. The molecule has 3 aromatic carbocycles. The van der Waals surface area contributed by atoms with Crippen LogP contribution in [0.1, 0.15) is 16.7 Å². The minimum atomic E-state index is -0.562. The summed E-state index contributed by atoms with van der Waals surface area (Å²) in [6.07, 6.45) is 4.15. The molecule has 1 aliphatic heterocycles. The molecule has 5 rings (SSSR count). The van der Waals surface area contributed by atoms with Gasteiger partial charge < -0.3 is 5.32 Å². The predicted molar refractivity (Wildman–Crippen MR) is 120 cm³/mol. The number of nitrogens with one attached hydrogen (secondary N) is 1. The Morgan fingerprint density at radius 2 is 1.90 bits per heavy atom. The van der Waals surface area contributed by atoms with Gasteiger partial charge in [0.2, 0.25) is 5.91 Å². The standard InChI is InChI=1S/C24H19ClN4O/c1-29-14-18(13-26-29)23-20-12-19(25)8-9-21(20)28-24(30)22(27-23)11-15-6-7-16-4-2-3-5-17(16)10-15/h2-10,12-14,22H,11H2,1H3,(H,28,30). The van der Waals surface area contributed by atoms with E-state index in [0.717, 1.165) is 22.1 Å². The van der Waals surface area contributed by atoms with Crippen molar-refractivity contribution in [2.75, 3.05) is 5.32 Å². The maximum Gasteiger partial charge on any atom is 0.249 e. The highest BCUT2D eigenvalue weighted by molar-refractivity contribution is 6.32. The van der Waals surface area contributed by atoms with E-state index in [1.807, 2.05) is 37.5 Å². The number of anilines is 1. The van der Waals surface area contributed by atoms with Crippen LogP contribution in [0.3, 0.4) is 0 Å². The van der Waals surface area contributed by atoms with Gasteiger partial charge in [-0.15, -0.1) is 0 Å². The number of benzene rings is 3. The number of aromatic nitrogens is 2. The summed E-state index contributed by atoms with van der Waals surface area (Å²) in [6.45, 7) is 0. The number of halogens is 1. The Morgan fingerprint density at radius 3 is 2.70 bits per heavy atom. The lowest BCUT2D eigenvalue weighted by Crippen LogP contribution is -2.27. The van der Waals surface area contributed by atoms with E-state index in [9.17, 15) is 4.79 Å². The van der Waals surface area contributed by atoms with Crippen LogP contribution in [0.4, 0.5) is 5.69 Å². The van der Waals surface area contributed by atoms with E-state index in [4.69, 9.17) is 16.6 Å². The number of nitrogens with zero attached hydrogens (tertiary/aromatic N) is 3. The average Bonchev–Trinajstić information content (AvgIpc) is 3.12. The molecule has 0 fully saturated rings. The van der Waals surface area contributed by atoms with E-state index in [-0.39, 0.29) is 5.91 Å². The lowest BCUT2D eigenvalue weighted by Gasteiger charge is -2.12. The minimum Gasteiger partial charge on any atom is -0.324 e. The Hall–Kier alpha value is -3.44. The number of fused-ring (bicyclic) bond motifs is 2. The molecule has 0 saturated heterocycles. The summed E-state index contributed by atoms with van der Waals surface area (Å²) in [5.41, 5.74) is 4.12. The third kappa shape index (κ3) is 3.48. The molecule has 4 aromatic rings. The number of hydrogen-bond acceptors (Lipinski definition) is 3. The van der Waals surface area contributed by atoms with Gasteiger partial charge >= 0.3 is 0 Å². The number of aryl methyl sites for hydroxylation is 1. The van der Waals surface area contributed by atoms with E-state index in [2.05, 4.69) is 40.7 Å². The van der Waals surface area contributed by atoms with Crippen molar-refractivity contribution in [3.63, 3.8) is 0 Å². The molecule has 1 N–H and O–H groups in total. The molecule has 2 heterocycles. The zero-order valence-corrected chi connectivity index (χ0v) is 17.1. The van der Waals surface area contributed by atoms with Crippen LogP contribution < -0.4 is 5.32 Å². The van der Waals surface area contributed by atoms with E-state index in [0.29, 0.717) is 22.8 Å². The first-order valence-corrected chi connectivity index (χ1v) is 10.1. The lowest BCUT2D eigenvalue weighted by atomic mass is 10.0. The topological polar surface area (TPSA) is 59.3 Å². The summed E-state index contributed by atoms with van der Waals surface area (Å²) >= 11 is 6.26. The second-order valence-electron chi connectivity index (χ2n) is 7.46. The molecule has 0 spiro atoms. The summed E-state index contributed by atoms with van der Waals surface area (Å²) in [7, 11) is 1.86. The second-order valence-corrected chi connectivity index (χ2v) is 7.90. The summed E-state index contributed by atoms with van der Waals surface area (Å²) in [5, 5.41) is 10.2. The maximum atomic E-state index is 13.0. The van der Waals surface area contributed by atoms with Crippen LogP contribution >= 0.6 is 11.6 Å². The number of benzodiazepines with no additional fused rings is 1. The third-order valence-corrected chi connectivity index (χ3v) is 5.54. The highest BCUT2D eigenvalue weighted by Gasteiger charge is 2.27. The SMILES string of the molecule is Cn1cc(C2=NC(Cc3ccc4ccccc4c3)C(=O)Nc3ccc(Cl)cc32)cn1. The van der Waals surface area contributed by atoms with Crippen molar-refractivity contribution in [1.29, 1.82) is 0 Å². The van der Waals surface area contributed by atoms with Crippen molar-refractivity contribution in [3.8, 4) is 0 Å². The van der Waals surface area contributed by atoms with E-state index in [1.165, 1.54) is 5.39 Å². The van der Waals surface area contributed by atoms with Gasteiger partial charge in [-0.3, -0.25) is 14.5 Å². The monoisotopic (exact) mass is 414 g/mol. The molecule has 1 aromatic heterocycles. The highest BCUT2D eigenvalue weighted by atomic mass is 35.5. The van der Waals surface area contributed by atoms with Gasteiger partial charge in [-0.1, -0.05) is 54.1 Å². The van der Waals surface area contributed by atoms with Crippen molar-refractivity contribution >= 4 is 39.7 Å². The number of amides is 1. The van der Waals surface area contributed by atoms with Gasteiger partial charge in [0.1, 0.15) is 6.04 Å². The van der Waals surface area contributed by atoms with Gasteiger partial charge in [0.15, 0.2) is 0 Å². The number of rotatable bonds is 3. The van der Waals surface area contributed by atoms with Crippen LogP contribution in [0.5, 0.6) is 0 Å². The first-order chi connectivity index (χ1) is 14.6. The van der Waals surface area contributed by atoms with Crippen LogP contribution in [0, 0.1) is 0 Å². The average molecular weight is 415 g/mol. The molecule has 0 aliphatic carbocycles. The number of aliphatic imine (C=N–C) groups is 1. The Balaban J connectivity index is 1.59. The smallest absolute Gasteiger partial charge is 0.249 e. The van der Waals surface area contributed by atoms with E-state index >= 15 is 0 Å². The van der Waals surface area contributed by atoms with Gasteiger partial charge in [0.05, 0.1) is 17.6 Å². The van der Waals surface area contributed by atoms with Crippen LogP contribution in [0.25, 0.3) is 10.8 Å². The molecule has 1 unspecified atom stereocenters. The van der Waals surface area contributed by atoms with Gasteiger partial charge in [-0.05, 0) is 34.5 Å². The molecule has 148 valence electrons. The first-order valence-electron chi connectivity index (χ1n) is 9.72. The lowest BCUT2D eigenvalue weighted by molar-refractivity contribution is -0.117. The summed E-state index contributed by atoms with van der Waals surface area (Å²) in [4.78, 5) is 17.9. The molecular weight excluding hydrogens is 396 g/mol. The molecule has 6 heteroatoms. The van der Waals surface area contributed by atoms with Crippen molar-refractivity contribution in [3.05, 3.63) is 94.8 Å². The quantitative estimate of drug-likeness (QED) is 0.531. The molecule has 5 nitrogen and oxygen atoms in total. The van der Waals surface area contributed by atoms with Crippen LogP contribution in [-0.2, 0) is 18.3 Å². The molecule has 0 bridgehead atoms. The largest absolute Gasteiger partial charge is 0.324 e. The van der Waals surface area contributed by atoms with E-state index < -0.39 is 6.04 Å². The fourth-order valence-electron chi connectivity index (χ4n) is 3.82. The van der Waals surface area contributed by atoms with Crippen molar-refractivity contribution in [2.24, 2.45) is 12.0 Å². The Morgan fingerprint density at radius 1 is 1.07 bits per heavy atom. The van der Waals surface area contributed by atoms with Crippen molar-refractivity contribution < 1.29 is 4.79 Å². The fraction of sp³-hybridized carbons (Fsp3) is 0.125. The zero-order chi connectivity index (χ0) is 20.7. The number of carbonyl (C=O) groups is 1. The molecular formula is C24H19ClN4O. The van der Waals surface area contributed by atoms with Gasteiger partial charge in [0.25, 0.3) is 0 Å². The Labute approximate surface area is 179 Å². The normalized spacial score (nSPS) is 16.0. The van der Waals surface area contributed by atoms with Crippen molar-refractivity contribution in [2.45, 2.75) is 12.5 Å². The van der Waals surface area contributed by atoms with Gasteiger partial charge in [-0.25, -0.2) is 0 Å². The number of carbonyl (C=O) groups excluding carboxylic acids is 1. The zero-order valence-electron chi connectivity index (χ0n) is 16.3. The molecule has 1 amide bonds. The first kappa shape index (κ1) is 18.6. The van der Waals surface area contributed by atoms with Crippen LogP contribution in [-0.4, -0.2) is 27.4 Å². The summed E-state index contributed by atoms with van der Waals surface area (Å²) in [6, 6.07) is 19.3. The minimum absolute atomic E-state index is 0.134. The third-order valence-electron chi connectivity index (χ3n) is 5.30. The highest BCUT2D eigenvalue weighted by Crippen LogP contribution is 2.28. The second kappa shape index (κ2) is 7.43. The van der Waals surface area contributed by atoms with Crippen molar-refractivity contribution in [1.82, 2.24) is 9.78 Å². The molecule has 0 radical (unpaired) electrons. The number of hydrogen-bond donors (Lipinski definition) is 1. The Kier molecular flexibility index (Phi) is 4.60. The van der Waals surface area contributed by atoms with E-state index in [1.54, 1.807) is 16.9 Å². The van der Waals surface area contributed by atoms with Gasteiger partial charge in [-0.2, -0.15) is 5.10 Å². The molecule has 30 heavy (non-hydrogen) atoms. The summed E-state index contributed by atoms with van der Waals surface area (Å²) in [5.74, 6) is -0.134. The summed E-state index contributed by atoms with van der Waals surface area (Å²) < 4.78 is 1.72. The van der Waals surface area contributed by atoms with Gasteiger partial charge in [0, 0.05) is 35.8 Å². The fourth-order valence-corrected chi connectivity index (χ4v) is 3.99. The molecule has 0 saturated carbocycles.